The van der Waals surface area contributed by atoms with Crippen LogP contribution in [0.2, 0.25) is 0 Å². The van der Waals surface area contributed by atoms with Crippen LogP contribution in [0.1, 0.15) is 25.3 Å². The van der Waals surface area contributed by atoms with Crippen LogP contribution in [0.25, 0.3) is 0 Å². The van der Waals surface area contributed by atoms with E-state index in [1.165, 1.54) is 5.56 Å². The van der Waals surface area contributed by atoms with Crippen LogP contribution in [0.4, 0.5) is 0 Å². The summed E-state index contributed by atoms with van der Waals surface area (Å²) in [6.07, 6.45) is 0. The number of hydrogen-bond donors (Lipinski definition) is 0. The summed E-state index contributed by atoms with van der Waals surface area (Å²) in [5.41, 5.74) is 1.38. The zero-order valence-electron chi connectivity index (χ0n) is 9.68. The fraction of sp³-hybridized carbons (Fsp3) is 0.200. The minimum atomic E-state index is 0. The van der Waals surface area contributed by atoms with E-state index in [4.69, 9.17) is 0 Å². The van der Waals surface area contributed by atoms with Crippen molar-refractivity contribution >= 4 is 0 Å². The standard InChI is InChI=1S/C9H11.C6H5.W/c1-8(2)9-6-4-3-5-7-9;1-2-4-6-5-3-1;/h4-8H,1-2H3;1-5H;/q2*-1;+2. The predicted octanol–water partition coefficient (Wildman–Crippen LogP) is 4.09. The van der Waals surface area contributed by atoms with Crippen molar-refractivity contribution in [1.29, 1.82) is 0 Å². The Kier molecular flexibility index (Phi) is 8.85. The van der Waals surface area contributed by atoms with Crippen molar-refractivity contribution in [2.75, 3.05) is 0 Å². The molecule has 0 nitrogen and oxygen atoms in total. The summed E-state index contributed by atoms with van der Waals surface area (Å²) in [6.45, 7) is 4.38. The van der Waals surface area contributed by atoms with Crippen molar-refractivity contribution in [1.82, 2.24) is 0 Å². The fourth-order valence-electron chi connectivity index (χ4n) is 1.13. The number of benzene rings is 2. The van der Waals surface area contributed by atoms with Crippen molar-refractivity contribution in [2.24, 2.45) is 0 Å². The molecule has 0 N–H and O–H groups in total. The van der Waals surface area contributed by atoms with Crippen LogP contribution in [-0.4, -0.2) is 0 Å². The van der Waals surface area contributed by atoms with Crippen molar-refractivity contribution in [3.8, 4) is 0 Å². The molecule has 0 fully saturated rings. The molecule has 0 aliphatic carbocycles. The molecule has 0 saturated carbocycles. The van der Waals surface area contributed by atoms with Crippen LogP contribution in [0, 0.1) is 12.1 Å². The van der Waals surface area contributed by atoms with Gasteiger partial charge in [0.15, 0.2) is 0 Å². The number of rotatable bonds is 1. The minimum absolute atomic E-state index is 0. The van der Waals surface area contributed by atoms with Crippen molar-refractivity contribution in [3.05, 3.63) is 72.3 Å². The second-order valence-corrected chi connectivity index (χ2v) is 3.57. The Balaban J connectivity index is 0.000000283. The van der Waals surface area contributed by atoms with Crippen molar-refractivity contribution < 1.29 is 21.1 Å². The van der Waals surface area contributed by atoms with E-state index in [1.807, 2.05) is 42.5 Å². The molecule has 0 bridgehead atoms. The smallest absolute Gasteiger partial charge is 0.184 e. The summed E-state index contributed by atoms with van der Waals surface area (Å²) in [6, 6.07) is 23.6. The van der Waals surface area contributed by atoms with E-state index in [0.717, 1.165) is 0 Å². The third-order valence-corrected chi connectivity index (χ3v) is 2.02. The molecule has 0 aromatic heterocycles. The van der Waals surface area contributed by atoms with Gasteiger partial charge in [-0.1, -0.05) is 13.8 Å². The first kappa shape index (κ1) is 15.1. The van der Waals surface area contributed by atoms with Crippen LogP contribution in [0.3, 0.4) is 0 Å². The molecule has 2 rings (SSSR count). The van der Waals surface area contributed by atoms with Gasteiger partial charge < -0.3 is 0 Å². The maximum absolute atomic E-state index is 2.99. The molecule has 0 atom stereocenters. The molecule has 0 spiro atoms. The van der Waals surface area contributed by atoms with Gasteiger partial charge in [0.2, 0.25) is 0 Å². The summed E-state index contributed by atoms with van der Waals surface area (Å²) in [5.74, 6) is 0.639. The van der Waals surface area contributed by atoms with Crippen LogP contribution in [0.15, 0.2) is 54.6 Å². The van der Waals surface area contributed by atoms with Gasteiger partial charge in [-0.15, -0.1) is 0 Å². The summed E-state index contributed by atoms with van der Waals surface area (Å²) >= 11 is 0. The molecule has 1 heteroatoms. The molecule has 82 valence electrons. The maximum atomic E-state index is 2.99. The average Bonchev–Trinajstić information content (AvgIpc) is 2.33. The predicted molar refractivity (Wildman–Crippen MR) is 64.6 cm³/mol. The molecule has 0 heterocycles. The van der Waals surface area contributed by atoms with Gasteiger partial charge in [-0.05, 0) is 5.92 Å². The van der Waals surface area contributed by atoms with Gasteiger partial charge in [-0.2, -0.15) is 72.3 Å². The molecule has 16 heavy (non-hydrogen) atoms. The fourth-order valence-corrected chi connectivity index (χ4v) is 1.13. The van der Waals surface area contributed by atoms with E-state index in [0.29, 0.717) is 5.92 Å². The minimum Gasteiger partial charge on any atom is -0.184 e. The van der Waals surface area contributed by atoms with Gasteiger partial charge in [0.25, 0.3) is 0 Å². The number of hydrogen-bond acceptors (Lipinski definition) is 0. The van der Waals surface area contributed by atoms with Crippen LogP contribution >= 0.6 is 0 Å². The molecule has 2 aromatic carbocycles. The molecule has 0 radical (unpaired) electrons. The van der Waals surface area contributed by atoms with Gasteiger partial charge in [0.05, 0.1) is 0 Å². The molecule has 0 saturated heterocycles. The van der Waals surface area contributed by atoms with E-state index >= 15 is 0 Å². The Labute approximate surface area is 113 Å². The first-order chi connectivity index (χ1) is 7.30. The molecule has 2 aromatic rings. The molecule has 0 aliphatic rings. The van der Waals surface area contributed by atoms with E-state index in [9.17, 15) is 0 Å². The van der Waals surface area contributed by atoms with Gasteiger partial charge in [0.1, 0.15) is 0 Å². The maximum Gasteiger partial charge on any atom is 2.00 e. The monoisotopic (exact) mass is 380 g/mol. The summed E-state index contributed by atoms with van der Waals surface area (Å²) < 4.78 is 0. The molecular weight excluding hydrogens is 364 g/mol. The van der Waals surface area contributed by atoms with Crippen LogP contribution in [-0.2, 0) is 21.1 Å². The molecular formula is C15H16W. The molecule has 0 unspecified atom stereocenters. The second-order valence-electron chi connectivity index (χ2n) is 3.57. The average molecular weight is 380 g/mol. The zero-order valence-corrected chi connectivity index (χ0v) is 12.6. The summed E-state index contributed by atoms with van der Waals surface area (Å²) in [7, 11) is 0. The largest absolute Gasteiger partial charge is 2.00 e. The van der Waals surface area contributed by atoms with Crippen molar-refractivity contribution in [2.45, 2.75) is 19.8 Å². The third-order valence-electron chi connectivity index (χ3n) is 2.02. The summed E-state index contributed by atoms with van der Waals surface area (Å²) in [4.78, 5) is 0. The van der Waals surface area contributed by atoms with E-state index in [2.05, 4.69) is 38.1 Å². The van der Waals surface area contributed by atoms with E-state index < -0.39 is 0 Å². The summed E-state index contributed by atoms with van der Waals surface area (Å²) in [5, 5.41) is 0. The first-order valence-electron chi connectivity index (χ1n) is 5.18. The van der Waals surface area contributed by atoms with E-state index in [-0.39, 0.29) is 21.1 Å². The first-order valence-corrected chi connectivity index (χ1v) is 5.18. The molecule has 0 amide bonds. The Morgan fingerprint density at radius 1 is 0.812 bits per heavy atom. The Morgan fingerprint density at radius 2 is 1.31 bits per heavy atom. The van der Waals surface area contributed by atoms with Gasteiger partial charge in [-0.3, -0.25) is 0 Å². The quantitative estimate of drug-likeness (QED) is 0.654. The third kappa shape index (κ3) is 6.58. The normalized spacial score (nSPS) is 8.69. The van der Waals surface area contributed by atoms with Gasteiger partial charge in [-0.25, -0.2) is 0 Å². The topological polar surface area (TPSA) is 0 Å². The Morgan fingerprint density at radius 3 is 1.56 bits per heavy atom. The zero-order chi connectivity index (χ0) is 10.9. The van der Waals surface area contributed by atoms with Gasteiger partial charge >= 0.3 is 21.1 Å². The molecule has 0 aliphatic heterocycles. The van der Waals surface area contributed by atoms with E-state index in [1.54, 1.807) is 0 Å². The van der Waals surface area contributed by atoms with Crippen LogP contribution < -0.4 is 0 Å². The second kappa shape index (κ2) is 9.36. The Bertz CT molecular complexity index is 314. The van der Waals surface area contributed by atoms with Crippen molar-refractivity contribution in [3.63, 3.8) is 0 Å². The van der Waals surface area contributed by atoms with Crippen LogP contribution in [0.5, 0.6) is 0 Å². The Hall–Kier alpha value is -0.872. The van der Waals surface area contributed by atoms with Gasteiger partial charge in [0, 0.05) is 0 Å². The SMILES string of the molecule is CC(C)c1cc[c-]cc1.[W+2].[c-]1ccccc1.